The van der Waals surface area contributed by atoms with E-state index < -0.39 is 5.41 Å². The summed E-state index contributed by atoms with van der Waals surface area (Å²) in [6.45, 7) is 8.04. The van der Waals surface area contributed by atoms with Crippen molar-refractivity contribution in [1.82, 2.24) is 25.4 Å². The molecule has 0 spiro atoms. The predicted molar refractivity (Wildman–Crippen MR) is 135 cm³/mol. The zero-order valence-corrected chi connectivity index (χ0v) is 20.4. The molecule has 3 aromatic heterocycles. The molecule has 1 saturated heterocycles. The van der Waals surface area contributed by atoms with Gasteiger partial charge in [-0.25, -0.2) is 9.97 Å². The van der Waals surface area contributed by atoms with Gasteiger partial charge in [0.25, 0.3) is 0 Å². The molecule has 182 valence electrons. The minimum absolute atomic E-state index is 0.0545. The van der Waals surface area contributed by atoms with E-state index in [2.05, 4.69) is 45.6 Å². The zero-order valence-electron chi connectivity index (χ0n) is 20.4. The molecule has 0 aliphatic carbocycles. The van der Waals surface area contributed by atoms with Crippen molar-refractivity contribution in [3.05, 3.63) is 66.1 Å². The molecule has 0 bridgehead atoms. The first-order chi connectivity index (χ1) is 17.3. The minimum atomic E-state index is -0.727. The number of nitrogen functional groups attached to an aromatic ring is 1. The van der Waals surface area contributed by atoms with Gasteiger partial charge in [-0.1, -0.05) is 29.4 Å². The van der Waals surface area contributed by atoms with Crippen LogP contribution in [0.25, 0.3) is 34.0 Å². The molecule has 0 radical (unpaired) electrons. The summed E-state index contributed by atoms with van der Waals surface area (Å²) in [6, 6.07) is 15.9. The maximum atomic E-state index is 9.46. The normalized spacial score (nSPS) is 14.7. The van der Waals surface area contributed by atoms with Crippen LogP contribution in [0.5, 0.6) is 0 Å². The summed E-state index contributed by atoms with van der Waals surface area (Å²) >= 11 is 0. The van der Waals surface area contributed by atoms with Crippen LogP contribution in [0.3, 0.4) is 0 Å². The molecule has 4 heterocycles. The van der Waals surface area contributed by atoms with E-state index in [0.717, 1.165) is 30.9 Å². The monoisotopic (exact) mass is 481 g/mol. The van der Waals surface area contributed by atoms with Gasteiger partial charge in [0.1, 0.15) is 5.69 Å². The Labute approximate surface area is 209 Å². The topological polar surface area (TPSA) is 136 Å². The number of aromatic nitrogens is 4. The van der Waals surface area contributed by atoms with E-state index >= 15 is 0 Å². The molecule has 0 amide bonds. The number of ether oxygens (including phenoxy) is 1. The number of hydrogen-bond acceptors (Lipinski definition) is 9. The number of nitriles is 1. The number of rotatable bonds is 7. The number of pyridine rings is 1. The molecule has 3 N–H and O–H groups in total. The molecule has 9 heteroatoms. The molecule has 5 rings (SSSR count). The van der Waals surface area contributed by atoms with Crippen LogP contribution in [0.1, 0.15) is 32.0 Å². The molecule has 0 saturated carbocycles. The van der Waals surface area contributed by atoms with Gasteiger partial charge in [0, 0.05) is 29.9 Å². The van der Waals surface area contributed by atoms with Gasteiger partial charge in [0.2, 0.25) is 0 Å². The van der Waals surface area contributed by atoms with Crippen LogP contribution >= 0.6 is 0 Å². The summed E-state index contributed by atoms with van der Waals surface area (Å²) in [5.74, 6) is 0.662. The van der Waals surface area contributed by atoms with Crippen molar-refractivity contribution >= 4 is 5.82 Å². The number of hydrogen-bond donors (Lipinski definition) is 2. The van der Waals surface area contributed by atoms with E-state index in [1.807, 2.05) is 38.1 Å². The summed E-state index contributed by atoms with van der Waals surface area (Å²) in [6.07, 6.45) is 3.25. The minimum Gasteiger partial charge on any atom is -0.382 e. The Bertz CT molecular complexity index is 1430. The summed E-state index contributed by atoms with van der Waals surface area (Å²) in [5, 5.41) is 17.2. The van der Waals surface area contributed by atoms with Crippen molar-refractivity contribution < 1.29 is 9.26 Å². The van der Waals surface area contributed by atoms with E-state index in [9.17, 15) is 5.26 Å². The molecule has 36 heavy (non-hydrogen) atoms. The average Bonchev–Trinajstić information content (AvgIpc) is 3.37. The second kappa shape index (κ2) is 9.15. The van der Waals surface area contributed by atoms with Crippen LogP contribution in [0.4, 0.5) is 5.82 Å². The largest absolute Gasteiger partial charge is 0.382 e. The van der Waals surface area contributed by atoms with Crippen molar-refractivity contribution in [1.29, 1.82) is 5.26 Å². The number of nitrogens with one attached hydrogen (secondary N) is 1. The SMILES string of the molecule is CC1(NCc2ccc(-c3cc(-c4nc(-c5ccnc(C(C)(C)C#N)c5)cnc4N)on3)cc2)COC1. The highest BCUT2D eigenvalue weighted by atomic mass is 16.5. The van der Waals surface area contributed by atoms with Crippen LogP contribution in [0.2, 0.25) is 0 Å². The van der Waals surface area contributed by atoms with E-state index in [4.69, 9.17) is 20.0 Å². The average molecular weight is 482 g/mol. The second-order valence-electron chi connectivity index (χ2n) is 9.84. The van der Waals surface area contributed by atoms with Gasteiger partial charge in [-0.3, -0.25) is 4.98 Å². The first-order valence-corrected chi connectivity index (χ1v) is 11.7. The molecule has 0 unspecified atom stereocenters. The van der Waals surface area contributed by atoms with E-state index in [-0.39, 0.29) is 11.4 Å². The number of benzene rings is 1. The Morgan fingerprint density at radius 1 is 1.08 bits per heavy atom. The van der Waals surface area contributed by atoms with E-state index in [1.165, 1.54) is 5.56 Å². The van der Waals surface area contributed by atoms with Crippen molar-refractivity contribution in [2.24, 2.45) is 0 Å². The molecule has 0 atom stereocenters. The third-order valence-corrected chi connectivity index (χ3v) is 6.33. The van der Waals surface area contributed by atoms with Crippen molar-refractivity contribution in [2.45, 2.75) is 38.3 Å². The molecule has 1 aliphatic rings. The summed E-state index contributed by atoms with van der Waals surface area (Å²) in [5.41, 5.74) is 10.7. The quantitative estimate of drug-likeness (QED) is 0.399. The van der Waals surface area contributed by atoms with Crippen LogP contribution in [0, 0.1) is 11.3 Å². The van der Waals surface area contributed by atoms with Gasteiger partial charge in [-0.05, 0) is 38.5 Å². The summed E-state index contributed by atoms with van der Waals surface area (Å²) < 4.78 is 10.9. The number of nitrogens with two attached hydrogens (primary N) is 1. The van der Waals surface area contributed by atoms with Gasteiger partial charge in [0.05, 0.1) is 47.8 Å². The number of anilines is 1. The highest BCUT2D eigenvalue weighted by Gasteiger charge is 2.32. The summed E-state index contributed by atoms with van der Waals surface area (Å²) in [7, 11) is 0. The highest BCUT2D eigenvalue weighted by Crippen LogP contribution is 2.31. The Balaban J connectivity index is 1.37. The molecule has 4 aromatic rings. The third kappa shape index (κ3) is 4.69. The highest BCUT2D eigenvalue weighted by molar-refractivity contribution is 5.73. The number of nitrogens with zero attached hydrogens (tertiary/aromatic N) is 5. The maximum Gasteiger partial charge on any atom is 0.189 e. The molecular formula is C27H27N7O2. The van der Waals surface area contributed by atoms with Gasteiger partial charge >= 0.3 is 0 Å². The lowest BCUT2D eigenvalue weighted by molar-refractivity contribution is -0.0649. The Kier molecular flexibility index (Phi) is 6.00. The fourth-order valence-corrected chi connectivity index (χ4v) is 3.85. The third-order valence-electron chi connectivity index (χ3n) is 6.33. The van der Waals surface area contributed by atoms with Gasteiger partial charge in [-0.2, -0.15) is 5.26 Å². The Morgan fingerprint density at radius 3 is 2.56 bits per heavy atom. The standard InChI is InChI=1S/C27H27N7O2/c1-26(2,14-28)23-10-19(8-9-30-23)21-13-31-25(29)24(33-21)22-11-20(34-36-22)18-6-4-17(5-7-18)12-32-27(3)15-35-16-27/h4-11,13,32H,12,15-16H2,1-3H3,(H2,29,31). The van der Waals surface area contributed by atoms with Crippen molar-refractivity contribution in [3.8, 4) is 40.0 Å². The Morgan fingerprint density at radius 2 is 1.86 bits per heavy atom. The lowest BCUT2D eigenvalue weighted by Crippen LogP contribution is -2.57. The fraction of sp³-hybridized carbons (Fsp3) is 0.296. The molecule has 1 aliphatic heterocycles. The van der Waals surface area contributed by atoms with Crippen molar-refractivity contribution in [3.63, 3.8) is 0 Å². The first-order valence-electron chi connectivity index (χ1n) is 11.7. The Hall–Kier alpha value is -4.13. The van der Waals surface area contributed by atoms with Crippen molar-refractivity contribution in [2.75, 3.05) is 18.9 Å². The molecule has 1 fully saturated rings. The van der Waals surface area contributed by atoms with Gasteiger partial charge < -0.3 is 20.3 Å². The molecule has 9 nitrogen and oxygen atoms in total. The van der Waals surface area contributed by atoms with Crippen LogP contribution in [0.15, 0.2) is 59.4 Å². The first kappa shape index (κ1) is 23.6. The van der Waals surface area contributed by atoms with Crippen LogP contribution < -0.4 is 11.1 Å². The van der Waals surface area contributed by atoms with Crippen LogP contribution in [-0.2, 0) is 16.7 Å². The maximum absolute atomic E-state index is 9.46. The lowest BCUT2D eigenvalue weighted by Gasteiger charge is -2.39. The summed E-state index contributed by atoms with van der Waals surface area (Å²) in [4.78, 5) is 13.4. The van der Waals surface area contributed by atoms with E-state index in [0.29, 0.717) is 28.5 Å². The fourth-order valence-electron chi connectivity index (χ4n) is 3.85. The zero-order chi connectivity index (χ0) is 25.3. The van der Waals surface area contributed by atoms with Gasteiger partial charge in [0.15, 0.2) is 17.3 Å². The smallest absolute Gasteiger partial charge is 0.189 e. The predicted octanol–water partition coefficient (Wildman–Crippen LogP) is 4.12. The second-order valence-corrected chi connectivity index (χ2v) is 9.84. The van der Waals surface area contributed by atoms with Crippen LogP contribution in [-0.4, -0.2) is 38.9 Å². The van der Waals surface area contributed by atoms with E-state index in [1.54, 1.807) is 18.5 Å². The van der Waals surface area contributed by atoms with Gasteiger partial charge in [-0.15, -0.1) is 0 Å². The molecule has 1 aromatic carbocycles. The molecular weight excluding hydrogens is 454 g/mol. The lowest BCUT2D eigenvalue weighted by atomic mass is 9.90.